The summed E-state index contributed by atoms with van der Waals surface area (Å²) in [7, 11) is 0. The van der Waals surface area contributed by atoms with Gasteiger partial charge in [-0.3, -0.25) is 0 Å². The highest BCUT2D eigenvalue weighted by Gasteiger charge is 2.24. The molecule has 1 saturated heterocycles. The van der Waals surface area contributed by atoms with Crippen molar-refractivity contribution in [2.24, 2.45) is 0 Å². The number of nitrogens with zero attached hydrogens (tertiary/aromatic N) is 1. The Labute approximate surface area is 115 Å². The van der Waals surface area contributed by atoms with Gasteiger partial charge in [0.15, 0.2) is 0 Å². The molecular formula is C12H18N2O2S2. The molecule has 0 unspecified atom stereocenters. The zero-order valence-electron chi connectivity index (χ0n) is 10.2. The summed E-state index contributed by atoms with van der Waals surface area (Å²) in [4.78, 5) is 12.9. The number of hydrogen-bond acceptors (Lipinski definition) is 4. The first kappa shape index (κ1) is 13.7. The van der Waals surface area contributed by atoms with Crippen molar-refractivity contribution < 1.29 is 9.90 Å². The molecule has 4 nitrogen and oxygen atoms in total. The minimum atomic E-state index is -0.784. The van der Waals surface area contributed by atoms with Gasteiger partial charge in [-0.05, 0) is 37.4 Å². The van der Waals surface area contributed by atoms with Crippen LogP contribution in [0.15, 0.2) is 21.7 Å². The molecule has 0 spiro atoms. The lowest BCUT2D eigenvalue weighted by molar-refractivity contribution is 0.117. The summed E-state index contributed by atoms with van der Waals surface area (Å²) in [6, 6.07) is 4.28. The van der Waals surface area contributed by atoms with Crippen molar-refractivity contribution in [1.29, 1.82) is 0 Å². The second-order valence-electron chi connectivity index (χ2n) is 4.24. The number of rotatable bonds is 5. The summed E-state index contributed by atoms with van der Waals surface area (Å²) in [5, 5.41) is 14.6. The van der Waals surface area contributed by atoms with Gasteiger partial charge in [-0.25, -0.2) is 4.79 Å². The highest BCUT2D eigenvalue weighted by atomic mass is 32.2. The molecule has 2 rings (SSSR count). The Balaban J connectivity index is 1.80. The van der Waals surface area contributed by atoms with Gasteiger partial charge in [0.2, 0.25) is 0 Å². The highest BCUT2D eigenvalue weighted by Crippen LogP contribution is 2.24. The van der Waals surface area contributed by atoms with Gasteiger partial charge in [0.05, 0.1) is 4.21 Å². The van der Waals surface area contributed by atoms with E-state index < -0.39 is 6.09 Å². The molecule has 0 atom stereocenters. The second-order valence-corrected chi connectivity index (χ2v) is 6.58. The molecule has 6 heteroatoms. The molecule has 18 heavy (non-hydrogen) atoms. The predicted molar refractivity (Wildman–Crippen MR) is 75.7 cm³/mol. The van der Waals surface area contributed by atoms with Crippen LogP contribution in [0.4, 0.5) is 4.79 Å². The molecule has 0 saturated carbocycles. The van der Waals surface area contributed by atoms with Crippen LogP contribution in [0.25, 0.3) is 0 Å². The van der Waals surface area contributed by atoms with Crippen LogP contribution in [0.2, 0.25) is 0 Å². The first-order chi connectivity index (χ1) is 8.77. The Morgan fingerprint density at radius 1 is 1.56 bits per heavy atom. The van der Waals surface area contributed by atoms with E-state index in [4.69, 9.17) is 0 Å². The van der Waals surface area contributed by atoms with E-state index in [-0.39, 0.29) is 6.04 Å². The first-order valence-corrected chi connectivity index (χ1v) is 8.00. The summed E-state index contributed by atoms with van der Waals surface area (Å²) in [6.45, 7) is 2.46. The average molecular weight is 286 g/mol. The monoisotopic (exact) mass is 286 g/mol. The SMILES string of the molecule is O=C(O)N(CCSc1cccs1)C1CCNCC1. The summed E-state index contributed by atoms with van der Waals surface area (Å²) in [6.07, 6.45) is 1.07. The molecule has 2 heterocycles. The fraction of sp³-hybridized carbons (Fsp3) is 0.583. The van der Waals surface area contributed by atoms with Crippen LogP contribution in [0.3, 0.4) is 0 Å². The molecule has 1 aromatic heterocycles. The zero-order valence-corrected chi connectivity index (χ0v) is 11.8. The maximum Gasteiger partial charge on any atom is 0.407 e. The van der Waals surface area contributed by atoms with Crippen molar-refractivity contribution in [3.05, 3.63) is 17.5 Å². The van der Waals surface area contributed by atoms with Gasteiger partial charge in [0, 0.05) is 18.3 Å². The van der Waals surface area contributed by atoms with Gasteiger partial charge in [-0.15, -0.1) is 23.1 Å². The highest BCUT2D eigenvalue weighted by molar-refractivity contribution is 8.01. The standard InChI is InChI=1S/C12H18N2O2S2/c15-12(16)14(10-3-5-13-6-4-10)7-9-18-11-2-1-8-17-11/h1-2,8,10,13H,3-7,9H2,(H,15,16). The molecule has 1 amide bonds. The van der Waals surface area contributed by atoms with Gasteiger partial charge in [-0.1, -0.05) is 6.07 Å². The molecule has 2 N–H and O–H groups in total. The number of piperidine rings is 1. The Morgan fingerprint density at radius 2 is 2.33 bits per heavy atom. The van der Waals surface area contributed by atoms with Gasteiger partial charge in [0.25, 0.3) is 0 Å². The summed E-state index contributed by atoms with van der Waals surface area (Å²) < 4.78 is 1.26. The van der Waals surface area contributed by atoms with E-state index in [2.05, 4.69) is 11.4 Å². The maximum absolute atomic E-state index is 11.3. The Kier molecular flexibility index (Phi) is 5.34. The van der Waals surface area contributed by atoms with Crippen molar-refractivity contribution in [3.63, 3.8) is 0 Å². The lowest BCUT2D eigenvalue weighted by Gasteiger charge is -2.32. The summed E-state index contributed by atoms with van der Waals surface area (Å²) in [5.41, 5.74) is 0. The molecule has 1 fully saturated rings. The Morgan fingerprint density at radius 3 is 2.94 bits per heavy atom. The maximum atomic E-state index is 11.3. The molecule has 0 radical (unpaired) electrons. The molecule has 1 aliphatic rings. The Hall–Kier alpha value is -0.720. The number of thioether (sulfide) groups is 1. The predicted octanol–water partition coefficient (Wildman–Crippen LogP) is 2.57. The lowest BCUT2D eigenvalue weighted by Crippen LogP contribution is -2.46. The number of hydrogen-bond donors (Lipinski definition) is 2. The minimum Gasteiger partial charge on any atom is -0.465 e. The van der Waals surface area contributed by atoms with E-state index in [1.165, 1.54) is 4.21 Å². The van der Waals surface area contributed by atoms with Crippen molar-refractivity contribution >= 4 is 29.2 Å². The number of thiophene rings is 1. The fourth-order valence-corrected chi connectivity index (χ4v) is 3.94. The fourth-order valence-electron chi connectivity index (χ4n) is 2.14. The van der Waals surface area contributed by atoms with Crippen LogP contribution in [0, 0.1) is 0 Å². The number of carbonyl (C=O) groups is 1. The van der Waals surface area contributed by atoms with Crippen LogP contribution < -0.4 is 5.32 Å². The van der Waals surface area contributed by atoms with Crippen molar-refractivity contribution in [2.45, 2.75) is 23.1 Å². The molecule has 100 valence electrons. The summed E-state index contributed by atoms with van der Waals surface area (Å²) >= 11 is 3.44. The van der Waals surface area contributed by atoms with Crippen molar-refractivity contribution in [1.82, 2.24) is 10.2 Å². The van der Waals surface area contributed by atoms with E-state index in [1.54, 1.807) is 28.0 Å². The number of carboxylic acid groups (broad SMARTS) is 1. The normalized spacial score (nSPS) is 16.7. The van der Waals surface area contributed by atoms with E-state index in [1.807, 2.05) is 11.4 Å². The van der Waals surface area contributed by atoms with Gasteiger partial charge >= 0.3 is 6.09 Å². The molecule has 0 aliphatic carbocycles. The van der Waals surface area contributed by atoms with Gasteiger partial charge in [-0.2, -0.15) is 0 Å². The van der Waals surface area contributed by atoms with Crippen LogP contribution >= 0.6 is 23.1 Å². The third-order valence-corrected chi connectivity index (χ3v) is 5.18. The molecule has 1 aliphatic heterocycles. The topological polar surface area (TPSA) is 52.6 Å². The van der Waals surface area contributed by atoms with Gasteiger partial charge < -0.3 is 15.3 Å². The molecule has 1 aromatic rings. The molecule has 0 bridgehead atoms. The van der Waals surface area contributed by atoms with Crippen molar-refractivity contribution in [3.8, 4) is 0 Å². The number of nitrogens with one attached hydrogen (secondary N) is 1. The third kappa shape index (κ3) is 3.90. The minimum absolute atomic E-state index is 0.188. The average Bonchev–Trinajstić information content (AvgIpc) is 2.88. The molecule has 0 aromatic carbocycles. The van der Waals surface area contributed by atoms with E-state index >= 15 is 0 Å². The second kappa shape index (κ2) is 7.01. The smallest absolute Gasteiger partial charge is 0.407 e. The van der Waals surface area contributed by atoms with Crippen LogP contribution in [0.1, 0.15) is 12.8 Å². The zero-order chi connectivity index (χ0) is 12.8. The van der Waals surface area contributed by atoms with Crippen LogP contribution in [-0.4, -0.2) is 47.5 Å². The third-order valence-electron chi connectivity index (χ3n) is 3.07. The largest absolute Gasteiger partial charge is 0.465 e. The Bertz CT molecular complexity index is 364. The van der Waals surface area contributed by atoms with E-state index in [9.17, 15) is 9.90 Å². The first-order valence-electron chi connectivity index (χ1n) is 6.14. The van der Waals surface area contributed by atoms with E-state index in [0.29, 0.717) is 6.54 Å². The quantitative estimate of drug-likeness (QED) is 0.817. The van der Waals surface area contributed by atoms with Crippen LogP contribution in [-0.2, 0) is 0 Å². The van der Waals surface area contributed by atoms with Gasteiger partial charge in [0.1, 0.15) is 0 Å². The summed E-state index contributed by atoms with van der Waals surface area (Å²) in [5.74, 6) is 0.830. The van der Waals surface area contributed by atoms with Crippen LogP contribution in [0.5, 0.6) is 0 Å². The lowest BCUT2D eigenvalue weighted by atomic mass is 10.1. The number of amides is 1. The molecular weight excluding hydrogens is 268 g/mol. The van der Waals surface area contributed by atoms with Crippen molar-refractivity contribution in [2.75, 3.05) is 25.4 Å². The van der Waals surface area contributed by atoms with E-state index in [0.717, 1.165) is 31.7 Å².